The van der Waals surface area contributed by atoms with Gasteiger partial charge in [-0.1, -0.05) is 0 Å². The first-order valence-electron chi connectivity index (χ1n) is 6.43. The van der Waals surface area contributed by atoms with E-state index in [1.165, 1.54) is 19.1 Å². The van der Waals surface area contributed by atoms with Crippen LogP contribution < -0.4 is 22.2 Å². The molecule has 0 bridgehead atoms. The fourth-order valence-electron chi connectivity index (χ4n) is 2.43. The molecule has 0 atom stereocenters. The number of hydrogen-bond acceptors (Lipinski definition) is 6. The average Bonchev–Trinajstić information content (AvgIpc) is 2.87. The molecule has 8 nitrogen and oxygen atoms in total. The average molecular weight is 302 g/mol. The van der Waals surface area contributed by atoms with Crippen LogP contribution in [0.4, 0.5) is 0 Å². The summed E-state index contributed by atoms with van der Waals surface area (Å²) in [5.41, 5.74) is -2.35. The van der Waals surface area contributed by atoms with Crippen LogP contribution in [-0.2, 0) is 16.1 Å². The lowest BCUT2D eigenvalue weighted by Gasteiger charge is -2.00. The van der Waals surface area contributed by atoms with Gasteiger partial charge in [0, 0.05) is 6.92 Å². The monoisotopic (exact) mass is 302 g/mol. The van der Waals surface area contributed by atoms with E-state index < -0.39 is 28.2 Å². The lowest BCUT2D eigenvalue weighted by atomic mass is 10.1. The van der Waals surface area contributed by atoms with E-state index in [0.717, 1.165) is 4.57 Å². The molecule has 0 unspecified atom stereocenters. The lowest BCUT2D eigenvalue weighted by Crippen LogP contribution is -2.27. The highest BCUT2D eigenvalue weighted by Gasteiger charge is 2.16. The Morgan fingerprint density at radius 1 is 1.00 bits per heavy atom. The number of carbonyl (C=O) groups excluding carboxylic acids is 1. The molecule has 3 aromatic rings. The third-order valence-corrected chi connectivity index (χ3v) is 3.45. The summed E-state index contributed by atoms with van der Waals surface area (Å²) in [6.07, 6.45) is 0. The number of aromatic nitrogens is 2. The fraction of sp³-hybridized carbons (Fsp3) is 0.214. The molecule has 2 aromatic heterocycles. The van der Waals surface area contributed by atoms with Crippen molar-refractivity contribution in [2.75, 3.05) is 6.61 Å². The predicted octanol–water partition coefficient (Wildman–Crippen LogP) is -0.998. The second-order valence-electron chi connectivity index (χ2n) is 4.83. The van der Waals surface area contributed by atoms with Crippen LogP contribution in [0.15, 0.2) is 31.3 Å². The van der Waals surface area contributed by atoms with Gasteiger partial charge in [-0.25, -0.2) is 0 Å². The van der Waals surface area contributed by atoms with Gasteiger partial charge in [-0.2, -0.15) is 0 Å². The Morgan fingerprint density at radius 3 is 1.95 bits per heavy atom. The van der Waals surface area contributed by atoms with E-state index in [1.807, 2.05) is 0 Å². The first-order chi connectivity index (χ1) is 10.4. The van der Waals surface area contributed by atoms with Crippen molar-refractivity contribution in [3.05, 3.63) is 53.5 Å². The Hall–Kier alpha value is -3.03. The minimum atomic E-state index is -0.596. The Bertz CT molecular complexity index is 1030. The Morgan fingerprint density at radius 2 is 1.50 bits per heavy atom. The number of rotatable bonds is 3. The molecule has 1 aromatic carbocycles. The molecule has 0 spiro atoms. The summed E-state index contributed by atoms with van der Waals surface area (Å²) in [5.74, 6) is -0.516. The van der Waals surface area contributed by atoms with E-state index in [1.54, 1.807) is 0 Å². The molecule has 0 aliphatic heterocycles. The molecule has 0 aliphatic rings. The molecule has 0 amide bonds. The maximum Gasteiger partial charge on any atom is 0.302 e. The number of hydrogen-bond donors (Lipinski definition) is 1. The molecular weight excluding hydrogens is 292 g/mol. The van der Waals surface area contributed by atoms with Gasteiger partial charge in [0.2, 0.25) is 0 Å². The predicted molar refractivity (Wildman–Crippen MR) is 77.9 cm³/mol. The van der Waals surface area contributed by atoms with Gasteiger partial charge in [0.1, 0.15) is 6.61 Å². The van der Waals surface area contributed by atoms with Gasteiger partial charge >= 0.3 is 5.97 Å². The van der Waals surface area contributed by atoms with Crippen LogP contribution in [0, 0.1) is 0 Å². The number of aromatic amines is 1. The summed E-state index contributed by atoms with van der Waals surface area (Å²) < 4.78 is 5.63. The highest BCUT2D eigenvalue weighted by atomic mass is 16.5. The van der Waals surface area contributed by atoms with E-state index in [0.29, 0.717) is 0 Å². The molecule has 0 saturated heterocycles. The fourth-order valence-corrected chi connectivity index (χ4v) is 2.43. The quantitative estimate of drug-likeness (QED) is 0.621. The smallest absolute Gasteiger partial charge is 0.302 e. The lowest BCUT2D eigenvalue weighted by molar-refractivity contribution is -0.141. The van der Waals surface area contributed by atoms with Crippen molar-refractivity contribution in [2.45, 2.75) is 13.5 Å². The molecule has 0 saturated carbocycles. The third kappa shape index (κ3) is 1.96. The highest BCUT2D eigenvalue weighted by molar-refractivity contribution is 5.97. The SMILES string of the molecule is CC(=O)OCCn1c(=O)c2cc3c(=O)[nH]c(=O)c3cc2c1=O. The number of carbonyl (C=O) groups is 1. The number of nitrogens with one attached hydrogen (secondary N) is 1. The first-order valence-corrected chi connectivity index (χ1v) is 6.43. The third-order valence-electron chi connectivity index (χ3n) is 3.45. The van der Waals surface area contributed by atoms with Crippen LogP contribution in [0.1, 0.15) is 6.92 Å². The maximum atomic E-state index is 12.2. The number of esters is 1. The van der Waals surface area contributed by atoms with Crippen molar-refractivity contribution in [1.29, 1.82) is 0 Å². The number of fused-ring (bicyclic) bond motifs is 2. The molecule has 3 rings (SSSR count). The van der Waals surface area contributed by atoms with Gasteiger partial charge in [0.15, 0.2) is 0 Å². The number of ether oxygens (including phenoxy) is 1. The van der Waals surface area contributed by atoms with E-state index in [4.69, 9.17) is 4.74 Å². The topological polar surface area (TPSA) is 115 Å². The summed E-state index contributed by atoms with van der Waals surface area (Å²) in [4.78, 5) is 60.4. The second kappa shape index (κ2) is 4.76. The highest BCUT2D eigenvalue weighted by Crippen LogP contribution is 2.13. The van der Waals surface area contributed by atoms with E-state index in [-0.39, 0.29) is 34.7 Å². The zero-order valence-corrected chi connectivity index (χ0v) is 11.5. The first kappa shape index (κ1) is 13.9. The Balaban J connectivity index is 2.22. The van der Waals surface area contributed by atoms with Crippen molar-refractivity contribution in [3.8, 4) is 0 Å². The molecular formula is C14H10N2O6. The van der Waals surface area contributed by atoms with Crippen LogP contribution in [0.5, 0.6) is 0 Å². The number of benzene rings is 1. The summed E-state index contributed by atoms with van der Waals surface area (Å²) in [7, 11) is 0. The number of H-pyrrole nitrogens is 1. The van der Waals surface area contributed by atoms with Gasteiger partial charge in [-0.3, -0.25) is 33.5 Å². The minimum absolute atomic E-state index is 0.0661. The zero-order chi connectivity index (χ0) is 16.0. The Labute approximate surface area is 121 Å². The van der Waals surface area contributed by atoms with Crippen molar-refractivity contribution < 1.29 is 9.53 Å². The molecule has 0 radical (unpaired) electrons. The molecule has 112 valence electrons. The Kier molecular flexibility index (Phi) is 3.01. The number of nitrogens with zero attached hydrogens (tertiary/aromatic N) is 1. The van der Waals surface area contributed by atoms with Crippen molar-refractivity contribution >= 4 is 27.5 Å². The molecule has 0 aliphatic carbocycles. The van der Waals surface area contributed by atoms with Gasteiger partial charge in [-0.15, -0.1) is 0 Å². The summed E-state index contributed by atoms with van der Waals surface area (Å²) in [5, 5.41) is 0.284. The van der Waals surface area contributed by atoms with Gasteiger partial charge in [-0.05, 0) is 12.1 Å². The molecule has 2 heterocycles. The molecule has 1 N–H and O–H groups in total. The van der Waals surface area contributed by atoms with Crippen molar-refractivity contribution in [3.63, 3.8) is 0 Å². The van der Waals surface area contributed by atoms with Crippen LogP contribution in [0.2, 0.25) is 0 Å². The molecule has 8 heteroatoms. The largest absolute Gasteiger partial charge is 0.464 e. The van der Waals surface area contributed by atoms with Crippen LogP contribution in [-0.4, -0.2) is 22.1 Å². The van der Waals surface area contributed by atoms with E-state index in [9.17, 15) is 24.0 Å². The van der Waals surface area contributed by atoms with Crippen LogP contribution in [0.3, 0.4) is 0 Å². The van der Waals surface area contributed by atoms with Crippen molar-refractivity contribution in [1.82, 2.24) is 9.55 Å². The maximum absolute atomic E-state index is 12.2. The standard InChI is InChI=1S/C14H10N2O6/c1-6(17)22-3-2-16-13(20)9-4-7-8(5-10(9)14(16)21)12(19)15-11(7)18/h4-5H,2-3H2,1H3,(H,15,18,19). The van der Waals surface area contributed by atoms with E-state index in [2.05, 4.69) is 4.98 Å². The van der Waals surface area contributed by atoms with Crippen LogP contribution in [0.25, 0.3) is 21.5 Å². The van der Waals surface area contributed by atoms with Gasteiger partial charge in [0.25, 0.3) is 22.2 Å². The van der Waals surface area contributed by atoms with Gasteiger partial charge < -0.3 is 4.74 Å². The molecule has 0 fully saturated rings. The molecule has 22 heavy (non-hydrogen) atoms. The minimum Gasteiger partial charge on any atom is -0.464 e. The zero-order valence-electron chi connectivity index (χ0n) is 11.5. The van der Waals surface area contributed by atoms with Crippen molar-refractivity contribution in [2.24, 2.45) is 0 Å². The van der Waals surface area contributed by atoms with E-state index >= 15 is 0 Å². The summed E-state index contributed by atoms with van der Waals surface area (Å²) in [6.45, 7) is 1.02. The second-order valence-corrected chi connectivity index (χ2v) is 4.83. The summed E-state index contributed by atoms with van der Waals surface area (Å²) in [6, 6.07) is 2.49. The van der Waals surface area contributed by atoms with Gasteiger partial charge in [0.05, 0.1) is 28.1 Å². The normalized spacial score (nSPS) is 11.3. The van der Waals surface area contributed by atoms with Crippen LogP contribution >= 0.6 is 0 Å². The summed E-state index contributed by atoms with van der Waals surface area (Å²) >= 11 is 0.